The van der Waals surface area contributed by atoms with Gasteiger partial charge in [0, 0.05) is 0 Å². The molecule has 1 amide bonds. The van der Waals surface area contributed by atoms with Gasteiger partial charge in [-0.25, -0.2) is 0 Å². The van der Waals surface area contributed by atoms with Gasteiger partial charge in [0.1, 0.15) is 24.7 Å². The number of carboxylic acids is 1. The normalized spacial score (nSPS) is 16.8. The van der Waals surface area contributed by atoms with Crippen LogP contribution in [0.25, 0.3) is 0 Å². The number of fused-ring (bicyclic) bond motifs is 1. The summed E-state index contributed by atoms with van der Waals surface area (Å²) in [6.07, 6.45) is 0.516. The van der Waals surface area contributed by atoms with Crippen LogP contribution in [-0.2, 0) is 16.0 Å². The number of carbonyl (C=O) groups excluding carboxylic acids is 1. The van der Waals surface area contributed by atoms with Crippen molar-refractivity contribution in [1.82, 2.24) is 5.32 Å². The van der Waals surface area contributed by atoms with Gasteiger partial charge in [-0.1, -0.05) is 0 Å². The molecule has 1 heterocycles. The second-order valence-corrected chi connectivity index (χ2v) is 4.53. The number of carbonyl (C=O) groups is 2. The molecule has 1 atom stereocenters. The number of benzene rings is 1. The summed E-state index contributed by atoms with van der Waals surface area (Å²) >= 11 is 0. The van der Waals surface area contributed by atoms with Crippen LogP contribution in [0.5, 0.6) is 11.5 Å². The Bertz CT molecular complexity index is 514. The van der Waals surface area contributed by atoms with Crippen LogP contribution in [0.15, 0.2) is 18.2 Å². The number of amides is 1. The van der Waals surface area contributed by atoms with Gasteiger partial charge in [-0.05, 0) is 37.1 Å². The Morgan fingerprint density at radius 1 is 1.50 bits per heavy atom. The molecule has 1 aliphatic heterocycles. The number of hydrogen-bond acceptors (Lipinski definition) is 4. The van der Waals surface area contributed by atoms with Crippen LogP contribution >= 0.6 is 0 Å². The molecule has 0 spiro atoms. The minimum absolute atomic E-state index is 0.256. The van der Waals surface area contributed by atoms with Crippen LogP contribution in [0.1, 0.15) is 12.5 Å². The molecule has 2 rings (SSSR count). The lowest BCUT2D eigenvalue weighted by Crippen LogP contribution is -2.39. The number of hydrogen-bond donors (Lipinski definition) is 2. The molecule has 0 saturated heterocycles. The fourth-order valence-corrected chi connectivity index (χ4v) is 2.10. The van der Waals surface area contributed by atoms with E-state index in [1.807, 2.05) is 25.1 Å². The second kappa shape index (κ2) is 6.27. The van der Waals surface area contributed by atoms with Crippen LogP contribution in [0.2, 0.25) is 0 Å². The summed E-state index contributed by atoms with van der Waals surface area (Å²) in [6, 6.07) is 5.51. The molecule has 0 saturated carbocycles. The first-order valence-corrected chi connectivity index (χ1v) is 6.48. The summed E-state index contributed by atoms with van der Waals surface area (Å²) < 4.78 is 10.9. The van der Waals surface area contributed by atoms with Crippen molar-refractivity contribution in [3.63, 3.8) is 0 Å². The molecule has 6 heteroatoms. The first-order valence-electron chi connectivity index (χ1n) is 6.48. The largest absolute Gasteiger partial charge is 0.494 e. The highest BCUT2D eigenvalue weighted by molar-refractivity contribution is 5.83. The van der Waals surface area contributed by atoms with Crippen molar-refractivity contribution in [1.29, 1.82) is 0 Å². The maximum absolute atomic E-state index is 11.8. The topological polar surface area (TPSA) is 84.9 Å². The van der Waals surface area contributed by atoms with E-state index >= 15 is 0 Å². The molecule has 108 valence electrons. The first-order chi connectivity index (χ1) is 9.60. The monoisotopic (exact) mass is 279 g/mol. The zero-order valence-corrected chi connectivity index (χ0v) is 11.2. The van der Waals surface area contributed by atoms with E-state index in [0.717, 1.165) is 17.1 Å². The van der Waals surface area contributed by atoms with Crippen molar-refractivity contribution in [2.75, 3.05) is 19.8 Å². The number of nitrogens with one attached hydrogen (secondary N) is 1. The number of rotatable bonds is 5. The lowest BCUT2D eigenvalue weighted by atomic mass is 9.96. The molecule has 1 aromatic carbocycles. The molecule has 2 N–H and O–H groups in total. The predicted molar refractivity (Wildman–Crippen MR) is 70.9 cm³/mol. The van der Waals surface area contributed by atoms with E-state index in [9.17, 15) is 9.59 Å². The van der Waals surface area contributed by atoms with Crippen LogP contribution in [0.3, 0.4) is 0 Å². The fourth-order valence-electron chi connectivity index (χ4n) is 2.10. The fraction of sp³-hybridized carbons (Fsp3) is 0.429. The Labute approximate surface area is 116 Å². The molecule has 0 radical (unpaired) electrons. The molecule has 1 unspecified atom stereocenters. The highest BCUT2D eigenvalue weighted by Gasteiger charge is 2.26. The highest BCUT2D eigenvalue weighted by atomic mass is 16.5. The van der Waals surface area contributed by atoms with Crippen LogP contribution in [-0.4, -0.2) is 36.7 Å². The predicted octanol–water partition coefficient (Wildman–Crippen LogP) is 0.837. The summed E-state index contributed by atoms with van der Waals surface area (Å²) in [7, 11) is 0. The van der Waals surface area contributed by atoms with E-state index < -0.39 is 5.97 Å². The molecular weight excluding hydrogens is 262 g/mol. The zero-order valence-electron chi connectivity index (χ0n) is 11.2. The third kappa shape index (κ3) is 3.40. The minimum Gasteiger partial charge on any atom is -0.494 e. The first kappa shape index (κ1) is 14.2. The summed E-state index contributed by atoms with van der Waals surface area (Å²) in [6.45, 7) is 2.36. The molecule has 0 bridgehead atoms. The van der Waals surface area contributed by atoms with Gasteiger partial charge >= 0.3 is 5.97 Å². The third-order valence-corrected chi connectivity index (χ3v) is 3.03. The lowest BCUT2D eigenvalue weighted by molar-refractivity contribution is -0.138. The smallest absolute Gasteiger partial charge is 0.322 e. The number of ether oxygens (including phenoxy) is 2. The minimum atomic E-state index is -1.06. The van der Waals surface area contributed by atoms with E-state index in [0.29, 0.717) is 13.0 Å². The number of aliphatic carboxylic acids is 1. The van der Waals surface area contributed by atoms with Crippen molar-refractivity contribution < 1.29 is 24.2 Å². The van der Waals surface area contributed by atoms with Crippen LogP contribution in [0.4, 0.5) is 0 Å². The summed E-state index contributed by atoms with van der Waals surface area (Å²) in [5.41, 5.74) is 0.901. The van der Waals surface area contributed by atoms with Gasteiger partial charge in [0.05, 0.1) is 12.5 Å². The van der Waals surface area contributed by atoms with E-state index in [1.54, 1.807) is 0 Å². The standard InChI is InChI=1S/C14H17NO5/c1-2-19-11-3-4-12-9(6-11)5-10(8-20-12)14(18)15-7-13(16)17/h3-4,6,10H,2,5,7-8H2,1H3,(H,15,18)(H,16,17). The number of carboxylic acid groups (broad SMARTS) is 1. The summed E-state index contributed by atoms with van der Waals surface area (Å²) in [5, 5.41) is 10.9. The molecule has 0 fully saturated rings. The molecule has 1 aliphatic rings. The van der Waals surface area contributed by atoms with Gasteiger partial charge in [-0.15, -0.1) is 0 Å². The molecule has 0 aromatic heterocycles. The van der Waals surface area contributed by atoms with Crippen molar-refractivity contribution in [3.05, 3.63) is 23.8 Å². The Kier molecular flexibility index (Phi) is 4.45. The van der Waals surface area contributed by atoms with Gasteiger partial charge < -0.3 is 19.9 Å². The average molecular weight is 279 g/mol. The second-order valence-electron chi connectivity index (χ2n) is 4.53. The quantitative estimate of drug-likeness (QED) is 0.834. The molecule has 6 nitrogen and oxygen atoms in total. The van der Waals surface area contributed by atoms with Crippen LogP contribution in [0, 0.1) is 5.92 Å². The van der Waals surface area contributed by atoms with Crippen LogP contribution < -0.4 is 14.8 Å². The van der Waals surface area contributed by atoms with Gasteiger partial charge in [0.15, 0.2) is 0 Å². The molecule has 0 aliphatic carbocycles. The van der Waals surface area contributed by atoms with Crippen molar-refractivity contribution in [2.24, 2.45) is 5.92 Å². The van der Waals surface area contributed by atoms with Crippen molar-refractivity contribution in [3.8, 4) is 11.5 Å². The third-order valence-electron chi connectivity index (χ3n) is 3.03. The van der Waals surface area contributed by atoms with Gasteiger partial charge in [-0.3, -0.25) is 9.59 Å². The van der Waals surface area contributed by atoms with Crippen molar-refractivity contribution >= 4 is 11.9 Å². The summed E-state index contributed by atoms with van der Waals surface area (Å²) in [4.78, 5) is 22.3. The maximum Gasteiger partial charge on any atom is 0.322 e. The Balaban J connectivity index is 2.03. The average Bonchev–Trinajstić information content (AvgIpc) is 2.44. The Morgan fingerprint density at radius 2 is 2.30 bits per heavy atom. The molecule has 1 aromatic rings. The molecular formula is C14H17NO5. The van der Waals surface area contributed by atoms with E-state index in [4.69, 9.17) is 14.6 Å². The van der Waals surface area contributed by atoms with Gasteiger partial charge in [0.2, 0.25) is 5.91 Å². The van der Waals surface area contributed by atoms with E-state index in [1.165, 1.54) is 0 Å². The Hall–Kier alpha value is -2.24. The van der Waals surface area contributed by atoms with E-state index in [-0.39, 0.29) is 25.0 Å². The van der Waals surface area contributed by atoms with Crippen molar-refractivity contribution in [2.45, 2.75) is 13.3 Å². The summed E-state index contributed by atoms with van der Waals surface area (Å²) in [5.74, 6) is -0.259. The zero-order chi connectivity index (χ0) is 14.5. The maximum atomic E-state index is 11.8. The SMILES string of the molecule is CCOc1ccc2c(c1)CC(C(=O)NCC(=O)O)CO2. The highest BCUT2D eigenvalue weighted by Crippen LogP contribution is 2.30. The Morgan fingerprint density at radius 3 is 3.00 bits per heavy atom. The molecule has 20 heavy (non-hydrogen) atoms. The van der Waals surface area contributed by atoms with Gasteiger partial charge in [-0.2, -0.15) is 0 Å². The lowest BCUT2D eigenvalue weighted by Gasteiger charge is -2.24. The van der Waals surface area contributed by atoms with E-state index in [2.05, 4.69) is 5.32 Å². The van der Waals surface area contributed by atoms with Gasteiger partial charge in [0.25, 0.3) is 0 Å².